The molecule has 9 nitrogen and oxygen atoms in total. The molecule has 9 heteroatoms. The van der Waals surface area contributed by atoms with Crippen LogP contribution in [0.3, 0.4) is 0 Å². The van der Waals surface area contributed by atoms with Gasteiger partial charge in [-0.1, -0.05) is 60.1 Å². The molecular formula is C36H58O9. The number of carbonyl (C=O) groups excluding carboxylic acids is 1. The lowest BCUT2D eigenvalue weighted by Gasteiger charge is -2.71. The number of hydrogen-bond acceptors (Lipinski definition) is 9. The molecule has 6 rings (SSSR count). The van der Waals surface area contributed by atoms with Crippen LogP contribution in [-0.2, 0) is 14.3 Å². The van der Waals surface area contributed by atoms with Crippen LogP contribution >= 0.6 is 0 Å². The van der Waals surface area contributed by atoms with E-state index in [-0.39, 0.29) is 39.1 Å². The molecular weight excluding hydrogens is 576 g/mol. The lowest BCUT2D eigenvalue weighted by molar-refractivity contribution is -0.299. The van der Waals surface area contributed by atoms with E-state index in [9.17, 15) is 35.4 Å². The zero-order valence-electron chi connectivity index (χ0n) is 28.3. The second kappa shape index (κ2) is 10.7. The molecule has 1 aliphatic heterocycles. The molecule has 0 radical (unpaired) electrons. The maximum Gasteiger partial charge on any atom is 0.317 e. The van der Waals surface area contributed by atoms with E-state index in [4.69, 9.17) is 9.47 Å². The molecule has 0 aromatic carbocycles. The smallest absolute Gasteiger partial charge is 0.317 e. The predicted molar refractivity (Wildman–Crippen MR) is 166 cm³/mol. The quantitative estimate of drug-likeness (QED) is 0.202. The van der Waals surface area contributed by atoms with E-state index < -0.39 is 54.8 Å². The first kappa shape index (κ1) is 33.8. The van der Waals surface area contributed by atoms with Crippen LogP contribution in [-0.4, -0.2) is 86.1 Å². The van der Waals surface area contributed by atoms with Crippen molar-refractivity contribution in [3.63, 3.8) is 0 Å². The Bertz CT molecular complexity index is 1210. The minimum absolute atomic E-state index is 0.0497. The summed E-state index contributed by atoms with van der Waals surface area (Å²) < 4.78 is 11.4. The first-order valence-electron chi connectivity index (χ1n) is 17.4. The molecule has 0 bridgehead atoms. The Morgan fingerprint density at radius 3 is 2.20 bits per heavy atom. The first-order valence-corrected chi connectivity index (χ1v) is 17.4. The van der Waals surface area contributed by atoms with Crippen molar-refractivity contribution in [3.05, 3.63) is 11.6 Å². The highest BCUT2D eigenvalue weighted by Gasteiger charge is 2.71. The second-order valence-electron chi connectivity index (χ2n) is 18.0. The molecule has 0 spiro atoms. The van der Waals surface area contributed by atoms with Crippen LogP contribution in [0.25, 0.3) is 0 Å². The molecule has 45 heavy (non-hydrogen) atoms. The van der Waals surface area contributed by atoms with Crippen LogP contribution in [0.4, 0.5) is 0 Å². The molecule has 14 atom stereocenters. The Labute approximate surface area is 268 Å². The van der Waals surface area contributed by atoms with Crippen LogP contribution in [0.15, 0.2) is 11.6 Å². The van der Waals surface area contributed by atoms with E-state index in [1.165, 1.54) is 5.57 Å². The number of esters is 1. The maximum absolute atomic E-state index is 14.4. The molecule has 4 saturated carbocycles. The largest absolute Gasteiger partial charge is 0.432 e. The molecule has 5 fully saturated rings. The van der Waals surface area contributed by atoms with Gasteiger partial charge in [0.2, 0.25) is 6.29 Å². The van der Waals surface area contributed by atoms with E-state index in [2.05, 4.69) is 54.5 Å². The molecule has 1 saturated heterocycles. The van der Waals surface area contributed by atoms with E-state index in [0.717, 1.165) is 32.1 Å². The van der Waals surface area contributed by atoms with Gasteiger partial charge in [0.05, 0.1) is 18.8 Å². The Morgan fingerprint density at radius 2 is 1.53 bits per heavy atom. The summed E-state index contributed by atoms with van der Waals surface area (Å²) in [4.78, 5) is 14.4. The fraction of sp³-hybridized carbons (Fsp3) is 0.917. The van der Waals surface area contributed by atoms with Gasteiger partial charge < -0.3 is 40.1 Å². The molecule has 0 aromatic heterocycles. The molecule has 1 heterocycles. The number of aliphatic hydroxyl groups excluding tert-OH is 6. The summed E-state index contributed by atoms with van der Waals surface area (Å²) in [5.74, 6) is -0.157. The van der Waals surface area contributed by atoms with Gasteiger partial charge in [0.1, 0.15) is 29.8 Å². The van der Waals surface area contributed by atoms with Gasteiger partial charge in [0, 0.05) is 0 Å². The average Bonchev–Trinajstić information content (AvgIpc) is 2.95. The number of carbonyl (C=O) groups is 1. The molecule has 3 unspecified atom stereocenters. The van der Waals surface area contributed by atoms with Gasteiger partial charge in [-0.15, -0.1) is 0 Å². The average molecular weight is 635 g/mol. The highest BCUT2D eigenvalue weighted by atomic mass is 16.7. The fourth-order valence-electron chi connectivity index (χ4n) is 12.1. The topological polar surface area (TPSA) is 157 Å². The minimum atomic E-state index is -1.70. The summed E-state index contributed by atoms with van der Waals surface area (Å²) in [6.45, 7) is 15.5. The van der Waals surface area contributed by atoms with Crippen LogP contribution in [0.5, 0.6) is 0 Å². The van der Waals surface area contributed by atoms with Gasteiger partial charge in [0.15, 0.2) is 0 Å². The van der Waals surface area contributed by atoms with E-state index in [0.29, 0.717) is 37.5 Å². The Morgan fingerprint density at radius 1 is 0.844 bits per heavy atom. The highest BCUT2D eigenvalue weighted by Crippen LogP contribution is 2.75. The second-order valence-corrected chi connectivity index (χ2v) is 18.0. The molecule has 6 aliphatic rings. The normalized spacial score (nSPS) is 53.6. The number of rotatable bonds is 3. The van der Waals surface area contributed by atoms with Crippen LogP contribution in [0.1, 0.15) is 106 Å². The van der Waals surface area contributed by atoms with Crippen molar-refractivity contribution in [3.8, 4) is 0 Å². The molecule has 0 amide bonds. The summed E-state index contributed by atoms with van der Waals surface area (Å²) in [5.41, 5.74) is -0.661. The standard InChI is InChI=1S/C36H58O9/c1-31(2)14-15-36(30(43)45-29-28(42)27(41)26(40)21(18-37)44-29)20(16-31)19-8-9-23-33(5)12-11-24(38)32(3,4)22(33)10-13-34(23,6)35(19,7)17-25(36)39/h8,20-29,37-42H,9-18H2,1-7H3/t20-,21?,22-,23+,24-,25?,26-,27+,28?,29+,33-,34+,35+,36+/m0/s1. The van der Waals surface area contributed by atoms with E-state index in [1.54, 1.807) is 0 Å². The van der Waals surface area contributed by atoms with Gasteiger partial charge in [-0.3, -0.25) is 4.79 Å². The third-order valence-electron chi connectivity index (χ3n) is 15.1. The van der Waals surface area contributed by atoms with Crippen LogP contribution < -0.4 is 0 Å². The molecule has 256 valence electrons. The Balaban J connectivity index is 1.38. The summed E-state index contributed by atoms with van der Waals surface area (Å²) in [6.07, 6.45) is 0.341. The maximum atomic E-state index is 14.4. The lowest BCUT2D eigenvalue weighted by atomic mass is 9.33. The van der Waals surface area contributed by atoms with Crippen molar-refractivity contribution < 1.29 is 44.9 Å². The molecule has 0 aromatic rings. The third-order valence-corrected chi connectivity index (χ3v) is 15.1. The zero-order valence-corrected chi connectivity index (χ0v) is 28.3. The van der Waals surface area contributed by atoms with E-state index >= 15 is 0 Å². The number of allylic oxidation sites excluding steroid dienone is 2. The Kier molecular flexibility index (Phi) is 8.05. The van der Waals surface area contributed by atoms with E-state index in [1.807, 2.05) is 0 Å². The van der Waals surface area contributed by atoms with Crippen molar-refractivity contribution in [2.24, 2.45) is 50.2 Å². The van der Waals surface area contributed by atoms with Crippen LogP contribution in [0, 0.1) is 50.2 Å². The van der Waals surface area contributed by atoms with Crippen molar-refractivity contribution in [2.45, 2.75) is 149 Å². The van der Waals surface area contributed by atoms with Gasteiger partial charge in [-0.2, -0.15) is 0 Å². The Hall–Kier alpha value is -1.07. The minimum Gasteiger partial charge on any atom is -0.432 e. The molecule has 5 aliphatic carbocycles. The highest BCUT2D eigenvalue weighted by molar-refractivity contribution is 5.80. The lowest BCUT2D eigenvalue weighted by Crippen LogP contribution is -2.68. The number of fused-ring (bicyclic) bond motifs is 7. The summed E-state index contributed by atoms with van der Waals surface area (Å²) in [5, 5.41) is 64.3. The summed E-state index contributed by atoms with van der Waals surface area (Å²) in [7, 11) is 0. The predicted octanol–water partition coefficient (Wildman–Crippen LogP) is 3.46. The van der Waals surface area contributed by atoms with Gasteiger partial charge in [0.25, 0.3) is 0 Å². The fourth-order valence-corrected chi connectivity index (χ4v) is 12.1. The third kappa shape index (κ3) is 4.54. The van der Waals surface area contributed by atoms with Crippen molar-refractivity contribution in [1.82, 2.24) is 0 Å². The van der Waals surface area contributed by atoms with Gasteiger partial charge in [-0.05, 0) is 103 Å². The number of hydrogen-bond donors (Lipinski definition) is 6. The number of aliphatic hydroxyl groups is 6. The van der Waals surface area contributed by atoms with Crippen molar-refractivity contribution in [1.29, 1.82) is 0 Å². The number of ether oxygens (including phenoxy) is 2. The van der Waals surface area contributed by atoms with Gasteiger partial charge in [-0.25, -0.2) is 0 Å². The van der Waals surface area contributed by atoms with Crippen molar-refractivity contribution >= 4 is 5.97 Å². The summed E-state index contributed by atoms with van der Waals surface area (Å²) >= 11 is 0. The van der Waals surface area contributed by atoms with Crippen molar-refractivity contribution in [2.75, 3.05) is 6.61 Å². The first-order chi connectivity index (χ1) is 20.8. The zero-order chi connectivity index (χ0) is 33.1. The molecule has 6 N–H and O–H groups in total. The monoisotopic (exact) mass is 634 g/mol. The SMILES string of the molecule is CC1(C)CC[C@]2(C(=O)O[C@H]3OC(CO)[C@H](O)[C@@H](O)C3O)C(O)C[C@]3(C)C(=CC[C@@H]4[C@@]5(C)CC[C@H](O)C(C)(C)[C@@H]5CC[C@]43C)[C@@H]2C1. The van der Waals surface area contributed by atoms with Crippen LogP contribution in [0.2, 0.25) is 0 Å². The van der Waals surface area contributed by atoms with Gasteiger partial charge >= 0.3 is 5.97 Å². The summed E-state index contributed by atoms with van der Waals surface area (Å²) in [6, 6.07) is 0.